The summed E-state index contributed by atoms with van der Waals surface area (Å²) in [4.78, 5) is 39.0. The maximum atomic E-state index is 12.2. The number of aromatic nitrogens is 1. The molecule has 1 aliphatic rings. The van der Waals surface area contributed by atoms with Crippen molar-refractivity contribution in [1.29, 1.82) is 0 Å². The lowest BCUT2D eigenvalue weighted by atomic mass is 10.2. The summed E-state index contributed by atoms with van der Waals surface area (Å²) in [5, 5.41) is 6.24. The van der Waals surface area contributed by atoms with Crippen LogP contribution in [0, 0.1) is 6.92 Å². The molecule has 0 bridgehead atoms. The quantitative estimate of drug-likeness (QED) is 0.773. The molecule has 0 atom stereocenters. The van der Waals surface area contributed by atoms with Crippen molar-refractivity contribution in [1.82, 2.24) is 10.1 Å². The molecule has 0 radical (unpaired) electrons. The summed E-state index contributed by atoms with van der Waals surface area (Å²) in [6.07, 6.45) is 4.55. The van der Waals surface area contributed by atoms with Crippen molar-refractivity contribution in [3.63, 3.8) is 0 Å². The third-order valence-corrected chi connectivity index (χ3v) is 4.35. The van der Waals surface area contributed by atoms with E-state index in [1.807, 2.05) is 24.3 Å². The van der Waals surface area contributed by atoms with Gasteiger partial charge in [0.2, 0.25) is 17.7 Å². The van der Waals surface area contributed by atoms with Crippen LogP contribution in [0.15, 0.2) is 40.9 Å². The van der Waals surface area contributed by atoms with Gasteiger partial charge in [0, 0.05) is 37.8 Å². The zero-order valence-electron chi connectivity index (χ0n) is 15.8. The predicted octanol–water partition coefficient (Wildman–Crippen LogP) is 2.22. The number of anilines is 2. The van der Waals surface area contributed by atoms with E-state index in [1.165, 1.54) is 11.0 Å². The summed E-state index contributed by atoms with van der Waals surface area (Å²) >= 11 is 0. The Morgan fingerprint density at radius 1 is 1.32 bits per heavy atom. The summed E-state index contributed by atoms with van der Waals surface area (Å²) < 4.78 is 4.87. The Morgan fingerprint density at radius 2 is 2.07 bits per heavy atom. The maximum Gasteiger partial charge on any atom is 0.246 e. The second kappa shape index (κ2) is 8.51. The van der Waals surface area contributed by atoms with E-state index < -0.39 is 0 Å². The zero-order chi connectivity index (χ0) is 20.1. The van der Waals surface area contributed by atoms with Gasteiger partial charge < -0.3 is 19.6 Å². The fraction of sp³-hybridized carbons (Fsp3) is 0.300. The Labute approximate surface area is 162 Å². The van der Waals surface area contributed by atoms with E-state index in [0.29, 0.717) is 18.0 Å². The van der Waals surface area contributed by atoms with Crippen LogP contribution in [0.3, 0.4) is 0 Å². The molecule has 1 aliphatic heterocycles. The summed E-state index contributed by atoms with van der Waals surface area (Å²) in [7, 11) is 1.54. The highest BCUT2D eigenvalue weighted by Crippen LogP contribution is 2.21. The van der Waals surface area contributed by atoms with Gasteiger partial charge >= 0.3 is 0 Å². The van der Waals surface area contributed by atoms with Gasteiger partial charge in [0.05, 0.1) is 6.54 Å². The van der Waals surface area contributed by atoms with Crippen LogP contribution in [-0.4, -0.2) is 47.9 Å². The number of rotatable bonds is 6. The largest absolute Gasteiger partial charge is 0.360 e. The van der Waals surface area contributed by atoms with Gasteiger partial charge in [-0.2, -0.15) is 0 Å². The smallest absolute Gasteiger partial charge is 0.246 e. The van der Waals surface area contributed by atoms with Crippen LogP contribution >= 0.6 is 0 Å². The van der Waals surface area contributed by atoms with Crippen molar-refractivity contribution >= 4 is 35.3 Å². The van der Waals surface area contributed by atoms with E-state index in [-0.39, 0.29) is 24.3 Å². The number of hydrogen-bond donors (Lipinski definition) is 1. The van der Waals surface area contributed by atoms with Gasteiger partial charge in [0.1, 0.15) is 5.76 Å². The Hall–Kier alpha value is -3.42. The number of amides is 3. The fourth-order valence-electron chi connectivity index (χ4n) is 2.88. The van der Waals surface area contributed by atoms with Crippen molar-refractivity contribution in [2.24, 2.45) is 0 Å². The molecule has 1 aromatic heterocycles. The molecule has 1 saturated heterocycles. The Bertz CT molecular complexity index is 901. The van der Waals surface area contributed by atoms with E-state index in [0.717, 1.165) is 24.2 Å². The number of carbonyl (C=O) groups is 3. The molecule has 2 aromatic rings. The van der Waals surface area contributed by atoms with Crippen LogP contribution in [0.1, 0.15) is 24.2 Å². The molecule has 0 saturated carbocycles. The molecule has 3 rings (SSSR count). The number of nitrogens with one attached hydrogen (secondary N) is 1. The lowest BCUT2D eigenvalue weighted by Gasteiger charge is -2.15. The fourth-order valence-corrected chi connectivity index (χ4v) is 2.88. The first-order chi connectivity index (χ1) is 13.4. The molecular formula is C20H22N4O4. The van der Waals surface area contributed by atoms with Gasteiger partial charge in [-0.05, 0) is 37.1 Å². The number of carbonyl (C=O) groups excluding carboxylic acids is 3. The molecule has 1 fully saturated rings. The van der Waals surface area contributed by atoms with Crippen LogP contribution in [0.25, 0.3) is 6.08 Å². The van der Waals surface area contributed by atoms with Gasteiger partial charge in [-0.3, -0.25) is 14.4 Å². The summed E-state index contributed by atoms with van der Waals surface area (Å²) in [6.45, 7) is 2.36. The first kappa shape index (κ1) is 19.3. The highest BCUT2D eigenvalue weighted by molar-refractivity contribution is 5.98. The minimum absolute atomic E-state index is 0.106. The van der Waals surface area contributed by atoms with Crippen molar-refractivity contribution < 1.29 is 18.9 Å². The average molecular weight is 382 g/mol. The van der Waals surface area contributed by atoms with Crippen molar-refractivity contribution in [2.75, 3.05) is 30.4 Å². The van der Waals surface area contributed by atoms with Crippen LogP contribution in [0.4, 0.5) is 11.5 Å². The molecular weight excluding hydrogens is 360 g/mol. The van der Waals surface area contributed by atoms with Crippen LogP contribution in [0.5, 0.6) is 0 Å². The minimum atomic E-state index is -0.364. The maximum absolute atomic E-state index is 12.2. The minimum Gasteiger partial charge on any atom is -0.360 e. The number of likely N-dealkylation sites (N-methyl/N-ethyl adjacent to an activating group) is 1. The average Bonchev–Trinajstić information content (AvgIpc) is 3.28. The number of nitrogens with zero attached hydrogens (tertiary/aromatic N) is 3. The highest BCUT2D eigenvalue weighted by atomic mass is 16.5. The molecule has 2 heterocycles. The first-order valence-corrected chi connectivity index (χ1v) is 8.99. The molecule has 146 valence electrons. The van der Waals surface area contributed by atoms with Crippen LogP contribution in [-0.2, 0) is 14.4 Å². The molecule has 8 heteroatoms. The second-order valence-corrected chi connectivity index (χ2v) is 6.64. The zero-order valence-corrected chi connectivity index (χ0v) is 15.8. The standard InChI is InChI=1S/C20H22N4O4/c1-14-12-17(22-28-14)21-18(25)13-23(2)19(26)10-7-15-5-8-16(9-6-15)24-11-3-4-20(24)27/h5-10,12H,3-4,11,13H2,1-2H3,(H,21,22,25)/b10-7+. The molecule has 1 N–H and O–H groups in total. The summed E-state index contributed by atoms with van der Waals surface area (Å²) in [6, 6.07) is 9.03. The molecule has 0 aliphatic carbocycles. The number of benzene rings is 1. The molecule has 8 nitrogen and oxygen atoms in total. The van der Waals surface area contributed by atoms with Crippen molar-refractivity contribution in [3.05, 3.63) is 47.7 Å². The Morgan fingerprint density at radius 3 is 2.68 bits per heavy atom. The lowest BCUT2D eigenvalue weighted by Crippen LogP contribution is -2.33. The molecule has 0 unspecified atom stereocenters. The molecule has 0 spiro atoms. The molecule has 1 aromatic carbocycles. The van der Waals surface area contributed by atoms with Crippen molar-refractivity contribution in [3.8, 4) is 0 Å². The lowest BCUT2D eigenvalue weighted by molar-refractivity contribution is -0.129. The van der Waals surface area contributed by atoms with E-state index in [1.54, 1.807) is 31.0 Å². The molecule has 28 heavy (non-hydrogen) atoms. The van der Waals surface area contributed by atoms with Crippen LogP contribution in [0.2, 0.25) is 0 Å². The van der Waals surface area contributed by atoms with Gasteiger partial charge in [-0.25, -0.2) is 0 Å². The van der Waals surface area contributed by atoms with Gasteiger partial charge in [-0.15, -0.1) is 0 Å². The Balaban J connectivity index is 1.52. The van der Waals surface area contributed by atoms with E-state index in [2.05, 4.69) is 10.5 Å². The highest BCUT2D eigenvalue weighted by Gasteiger charge is 2.21. The third kappa shape index (κ3) is 4.85. The monoisotopic (exact) mass is 382 g/mol. The van der Waals surface area contributed by atoms with Gasteiger partial charge in [0.25, 0.3) is 0 Å². The second-order valence-electron chi connectivity index (χ2n) is 6.64. The topological polar surface area (TPSA) is 95.8 Å². The normalized spacial score (nSPS) is 13.9. The summed E-state index contributed by atoms with van der Waals surface area (Å²) in [5.74, 6) is 0.375. The SMILES string of the molecule is Cc1cc(NC(=O)CN(C)C(=O)/C=C/c2ccc(N3CCCC3=O)cc2)no1. The first-order valence-electron chi connectivity index (χ1n) is 8.99. The van der Waals surface area contributed by atoms with E-state index >= 15 is 0 Å². The number of aryl methyl sites for hydroxylation is 1. The molecule has 3 amide bonds. The van der Waals surface area contributed by atoms with Crippen LogP contribution < -0.4 is 10.2 Å². The third-order valence-electron chi connectivity index (χ3n) is 4.35. The van der Waals surface area contributed by atoms with Crippen molar-refractivity contribution in [2.45, 2.75) is 19.8 Å². The van der Waals surface area contributed by atoms with E-state index in [9.17, 15) is 14.4 Å². The van der Waals surface area contributed by atoms with E-state index in [4.69, 9.17) is 4.52 Å². The van der Waals surface area contributed by atoms with Gasteiger partial charge in [0.15, 0.2) is 5.82 Å². The summed E-state index contributed by atoms with van der Waals surface area (Å²) in [5.41, 5.74) is 1.70. The van der Waals surface area contributed by atoms with Gasteiger partial charge in [-0.1, -0.05) is 17.3 Å². The number of hydrogen-bond acceptors (Lipinski definition) is 5. The Kier molecular flexibility index (Phi) is 5.88. The predicted molar refractivity (Wildman–Crippen MR) is 105 cm³/mol.